The summed E-state index contributed by atoms with van der Waals surface area (Å²) < 4.78 is 50.9. The minimum Gasteiger partial charge on any atom is -0.480 e. The van der Waals surface area contributed by atoms with Gasteiger partial charge < -0.3 is 15.0 Å². The van der Waals surface area contributed by atoms with E-state index in [9.17, 15) is 8.42 Å². The maximum atomic E-state index is 15.3. The highest BCUT2D eigenvalue weighted by Crippen LogP contribution is 2.33. The molecule has 4 aromatic heterocycles. The standard InChI is InChI=1S/C28H29ClFN9O3S/c1-38(2)20-7-4-18(5-8-20)34-28-32-13-16-10-22(26-36-33-15-39(26)25(16)35-28)21-12-19(6-9-23(21)30)37-43(40,41)24-11-17(29)14-31-27(24)42-3/h6,9-15,18,20,37H,4-5,7-8H2,1-3H3,(H,32,34,35)/t18-,20-. The molecular formula is C28H29ClFN9O3S. The number of rotatable bonds is 8. The fourth-order valence-corrected chi connectivity index (χ4v) is 6.83. The number of pyridine rings is 2. The zero-order valence-electron chi connectivity index (χ0n) is 23.6. The predicted octanol–water partition coefficient (Wildman–Crippen LogP) is 4.62. The third-order valence-electron chi connectivity index (χ3n) is 7.65. The third kappa shape index (κ3) is 5.77. The van der Waals surface area contributed by atoms with E-state index >= 15 is 4.39 Å². The number of ether oxygens (including phenoxy) is 1. The largest absolute Gasteiger partial charge is 0.480 e. The van der Waals surface area contributed by atoms with Gasteiger partial charge in [-0.1, -0.05) is 11.6 Å². The SMILES string of the molecule is COc1ncc(Cl)cc1S(=O)(=O)Nc1ccc(F)c(-c2cc3cnc(N[C@H]4CC[C@H](N(C)C)CC4)nc3n3cnnc23)c1. The van der Waals surface area contributed by atoms with Crippen molar-refractivity contribution in [3.63, 3.8) is 0 Å². The topological polar surface area (TPSA) is 140 Å². The van der Waals surface area contributed by atoms with Crippen molar-refractivity contribution in [3.8, 4) is 17.0 Å². The van der Waals surface area contributed by atoms with E-state index in [1.165, 1.54) is 43.9 Å². The molecule has 0 spiro atoms. The molecular weight excluding hydrogens is 597 g/mol. The van der Waals surface area contributed by atoms with Crippen molar-refractivity contribution in [2.24, 2.45) is 0 Å². The molecule has 1 saturated carbocycles. The third-order valence-corrected chi connectivity index (χ3v) is 9.23. The molecule has 0 amide bonds. The number of benzene rings is 1. The van der Waals surface area contributed by atoms with Crippen molar-refractivity contribution < 1.29 is 17.5 Å². The first-order valence-electron chi connectivity index (χ1n) is 13.6. The predicted molar refractivity (Wildman–Crippen MR) is 161 cm³/mol. The molecule has 0 atom stereocenters. The van der Waals surface area contributed by atoms with E-state index in [1.807, 2.05) is 0 Å². The van der Waals surface area contributed by atoms with Crippen molar-refractivity contribution in [3.05, 3.63) is 59.9 Å². The lowest BCUT2D eigenvalue weighted by Crippen LogP contribution is -2.36. The summed E-state index contributed by atoms with van der Waals surface area (Å²) in [6.07, 6.45) is 8.68. The van der Waals surface area contributed by atoms with Crippen LogP contribution in [0.15, 0.2) is 53.9 Å². The van der Waals surface area contributed by atoms with Crippen molar-refractivity contribution >= 4 is 49.9 Å². The Balaban J connectivity index is 1.33. The first-order valence-corrected chi connectivity index (χ1v) is 15.4. The summed E-state index contributed by atoms with van der Waals surface area (Å²) in [6.45, 7) is 0. The summed E-state index contributed by atoms with van der Waals surface area (Å²) in [6, 6.07) is 7.66. The van der Waals surface area contributed by atoms with E-state index in [-0.39, 0.29) is 33.1 Å². The average molecular weight is 626 g/mol. The summed E-state index contributed by atoms with van der Waals surface area (Å²) in [5.41, 5.74) is 1.51. The maximum Gasteiger partial charge on any atom is 0.267 e. The Labute approximate surface area is 252 Å². The summed E-state index contributed by atoms with van der Waals surface area (Å²) in [5, 5.41) is 12.5. The van der Waals surface area contributed by atoms with E-state index in [0.29, 0.717) is 34.2 Å². The van der Waals surface area contributed by atoms with Crippen molar-refractivity contribution in [1.29, 1.82) is 0 Å². The second kappa shape index (κ2) is 11.5. The van der Waals surface area contributed by atoms with Gasteiger partial charge >= 0.3 is 0 Å². The molecule has 224 valence electrons. The highest BCUT2D eigenvalue weighted by atomic mass is 35.5. The number of anilines is 2. The number of hydrogen-bond acceptors (Lipinski definition) is 10. The Morgan fingerprint density at radius 2 is 1.84 bits per heavy atom. The van der Waals surface area contributed by atoms with Crippen LogP contribution in [-0.2, 0) is 10.0 Å². The second-order valence-electron chi connectivity index (χ2n) is 10.6. The fourth-order valence-electron chi connectivity index (χ4n) is 5.42. The summed E-state index contributed by atoms with van der Waals surface area (Å²) in [4.78, 5) is 15.2. The van der Waals surface area contributed by atoms with Crippen LogP contribution in [0.1, 0.15) is 25.7 Å². The van der Waals surface area contributed by atoms with Crippen molar-refractivity contribution in [2.45, 2.75) is 42.7 Å². The van der Waals surface area contributed by atoms with Crippen LogP contribution >= 0.6 is 11.6 Å². The molecule has 15 heteroatoms. The molecule has 1 aliphatic rings. The number of nitrogens with one attached hydrogen (secondary N) is 2. The number of methoxy groups -OCH3 is 1. The van der Waals surface area contributed by atoms with Crippen LogP contribution in [-0.4, -0.2) is 76.2 Å². The molecule has 12 nitrogen and oxygen atoms in total. The van der Waals surface area contributed by atoms with Gasteiger partial charge in [0.2, 0.25) is 11.8 Å². The molecule has 5 aromatic rings. The Bertz CT molecular complexity index is 1930. The average Bonchev–Trinajstić information content (AvgIpc) is 3.49. The molecule has 0 unspecified atom stereocenters. The quantitative estimate of drug-likeness (QED) is 0.251. The Kier molecular flexibility index (Phi) is 7.75. The second-order valence-corrected chi connectivity index (χ2v) is 12.7. The van der Waals surface area contributed by atoms with Crippen molar-refractivity contribution in [1.82, 2.24) is 34.4 Å². The van der Waals surface area contributed by atoms with Crippen LogP contribution in [0.4, 0.5) is 16.0 Å². The molecule has 0 bridgehead atoms. The highest BCUT2D eigenvalue weighted by Gasteiger charge is 2.25. The lowest BCUT2D eigenvalue weighted by molar-refractivity contribution is 0.221. The van der Waals surface area contributed by atoms with Gasteiger partial charge in [0.05, 0.1) is 12.1 Å². The molecule has 0 saturated heterocycles. The maximum absolute atomic E-state index is 15.3. The lowest BCUT2D eigenvalue weighted by Gasteiger charge is -2.32. The molecule has 0 aliphatic heterocycles. The van der Waals surface area contributed by atoms with E-state index in [0.717, 1.165) is 25.7 Å². The summed E-state index contributed by atoms with van der Waals surface area (Å²) in [5.74, 6) is -0.215. The van der Waals surface area contributed by atoms with Crippen LogP contribution in [0, 0.1) is 5.82 Å². The molecule has 1 aromatic carbocycles. The van der Waals surface area contributed by atoms with Gasteiger partial charge in [-0.15, -0.1) is 10.2 Å². The van der Waals surface area contributed by atoms with Gasteiger partial charge in [0.25, 0.3) is 10.0 Å². The lowest BCUT2D eigenvalue weighted by atomic mass is 9.91. The van der Waals surface area contributed by atoms with Gasteiger partial charge in [-0.25, -0.2) is 22.8 Å². The van der Waals surface area contributed by atoms with E-state index in [2.05, 4.69) is 49.2 Å². The van der Waals surface area contributed by atoms with Gasteiger partial charge in [-0.05, 0) is 70.1 Å². The number of hydrogen-bond donors (Lipinski definition) is 2. The summed E-state index contributed by atoms with van der Waals surface area (Å²) >= 11 is 5.98. The first kappa shape index (κ1) is 29.0. The van der Waals surface area contributed by atoms with Gasteiger partial charge in [-0.3, -0.25) is 9.12 Å². The number of nitrogens with zero attached hydrogens (tertiary/aromatic N) is 7. The Morgan fingerprint density at radius 1 is 1.05 bits per heavy atom. The van der Waals surface area contributed by atoms with Crippen molar-refractivity contribution in [2.75, 3.05) is 31.2 Å². The summed E-state index contributed by atoms with van der Waals surface area (Å²) in [7, 11) is 1.33. The number of halogens is 2. The van der Waals surface area contributed by atoms with Crippen LogP contribution in [0.5, 0.6) is 5.88 Å². The molecule has 6 rings (SSSR count). The molecule has 1 fully saturated rings. The van der Waals surface area contributed by atoms with Crippen LogP contribution in [0.2, 0.25) is 5.02 Å². The molecule has 43 heavy (non-hydrogen) atoms. The monoisotopic (exact) mass is 625 g/mol. The number of sulfonamides is 1. The van der Waals surface area contributed by atoms with Crippen LogP contribution in [0.25, 0.3) is 27.8 Å². The van der Waals surface area contributed by atoms with Gasteiger partial charge in [0.15, 0.2) is 16.2 Å². The molecule has 2 N–H and O–H groups in total. The van der Waals surface area contributed by atoms with Crippen LogP contribution < -0.4 is 14.8 Å². The van der Waals surface area contributed by atoms with E-state index in [1.54, 1.807) is 16.7 Å². The zero-order chi connectivity index (χ0) is 30.3. The number of aromatic nitrogens is 6. The molecule has 1 aliphatic carbocycles. The van der Waals surface area contributed by atoms with Gasteiger partial charge in [0, 0.05) is 46.7 Å². The Morgan fingerprint density at radius 3 is 2.58 bits per heavy atom. The molecule has 4 heterocycles. The fraction of sp³-hybridized carbons (Fsp3) is 0.321. The first-order chi connectivity index (χ1) is 20.6. The highest BCUT2D eigenvalue weighted by molar-refractivity contribution is 7.92. The van der Waals surface area contributed by atoms with Crippen LogP contribution in [0.3, 0.4) is 0 Å². The van der Waals surface area contributed by atoms with Gasteiger partial charge in [0.1, 0.15) is 12.1 Å². The smallest absolute Gasteiger partial charge is 0.267 e. The number of fused-ring (bicyclic) bond motifs is 3. The van der Waals surface area contributed by atoms with Gasteiger partial charge in [-0.2, -0.15) is 4.98 Å². The zero-order valence-corrected chi connectivity index (χ0v) is 25.2. The minimum atomic E-state index is -4.19. The van der Waals surface area contributed by atoms with E-state index in [4.69, 9.17) is 21.3 Å². The Hall–Kier alpha value is -4.14. The van der Waals surface area contributed by atoms with E-state index < -0.39 is 15.8 Å². The minimum absolute atomic E-state index is 0.107. The normalized spacial score (nSPS) is 17.4. The molecule has 0 radical (unpaired) electrons.